The number of ether oxygens (including phenoxy) is 1. The molecule has 1 aromatic heterocycles. The minimum absolute atomic E-state index is 0.390. The summed E-state index contributed by atoms with van der Waals surface area (Å²) in [7, 11) is 1.78. The van der Waals surface area contributed by atoms with Gasteiger partial charge in [-0.3, -0.25) is 4.99 Å². The minimum Gasteiger partial charge on any atom is -0.385 e. The van der Waals surface area contributed by atoms with Gasteiger partial charge in [-0.05, 0) is 31.6 Å². The molecular weight excluding hydrogens is 348 g/mol. The first-order chi connectivity index (χ1) is 12.7. The number of aliphatic imine (C=N–C) groups is 1. The van der Waals surface area contributed by atoms with E-state index in [2.05, 4.69) is 38.3 Å². The molecule has 2 aliphatic rings. The van der Waals surface area contributed by atoms with Crippen LogP contribution in [-0.2, 0) is 11.2 Å². The van der Waals surface area contributed by atoms with Gasteiger partial charge in [0.15, 0.2) is 5.96 Å². The first kappa shape index (κ1) is 19.4. The van der Waals surface area contributed by atoms with Crippen molar-refractivity contribution in [3.05, 3.63) is 5.82 Å². The molecule has 1 aromatic rings. The predicted molar refractivity (Wildman–Crippen MR) is 107 cm³/mol. The quantitative estimate of drug-likeness (QED) is 0.550. The fraction of sp³-hybridized carbons (Fsp3) is 0.833. The normalized spacial score (nSPS) is 19.7. The van der Waals surface area contributed by atoms with Gasteiger partial charge in [0.05, 0.1) is 0 Å². The summed E-state index contributed by atoms with van der Waals surface area (Å²) in [6.07, 6.45) is 4.59. The highest BCUT2D eigenvalue weighted by Crippen LogP contribution is 2.49. The van der Waals surface area contributed by atoms with Crippen molar-refractivity contribution < 1.29 is 4.74 Å². The van der Waals surface area contributed by atoms with Crippen LogP contribution in [0.4, 0.5) is 5.13 Å². The summed E-state index contributed by atoms with van der Waals surface area (Å²) in [6, 6.07) is 0. The standard InChI is InChI=1S/C18H32N6OS/c1-4-15-21-17(26-22-15)24-11-9-23(10-12-24)16(19-5-2)20-14-18(6-7-18)8-13-25-3/h4-14H2,1-3H3,(H,19,20). The van der Waals surface area contributed by atoms with Crippen LogP contribution in [0.5, 0.6) is 0 Å². The molecule has 2 heterocycles. The highest BCUT2D eigenvalue weighted by Gasteiger charge is 2.42. The van der Waals surface area contributed by atoms with E-state index in [0.29, 0.717) is 5.41 Å². The molecule has 0 atom stereocenters. The summed E-state index contributed by atoms with van der Waals surface area (Å²) in [5, 5.41) is 4.53. The van der Waals surface area contributed by atoms with E-state index in [1.54, 1.807) is 7.11 Å². The van der Waals surface area contributed by atoms with E-state index in [9.17, 15) is 0 Å². The van der Waals surface area contributed by atoms with Gasteiger partial charge in [-0.25, -0.2) is 4.98 Å². The Kier molecular flexibility index (Phi) is 6.69. The monoisotopic (exact) mass is 380 g/mol. The van der Waals surface area contributed by atoms with E-state index in [1.165, 1.54) is 24.4 Å². The molecule has 7 nitrogen and oxygen atoms in total. The summed E-state index contributed by atoms with van der Waals surface area (Å²) in [5.74, 6) is 2.01. The third-order valence-electron chi connectivity index (χ3n) is 5.32. The lowest BCUT2D eigenvalue weighted by Gasteiger charge is -2.36. The molecule has 0 amide bonds. The molecule has 0 bridgehead atoms. The van der Waals surface area contributed by atoms with E-state index in [-0.39, 0.29) is 0 Å². The first-order valence-electron chi connectivity index (χ1n) is 9.79. The van der Waals surface area contributed by atoms with Gasteiger partial charge in [0.2, 0.25) is 5.13 Å². The number of piperazine rings is 1. The molecule has 3 rings (SSSR count). The summed E-state index contributed by atoms with van der Waals surface area (Å²) in [6.45, 7) is 10.8. The van der Waals surface area contributed by atoms with Crippen molar-refractivity contribution >= 4 is 22.6 Å². The molecule has 8 heteroatoms. The second kappa shape index (κ2) is 8.99. The highest BCUT2D eigenvalue weighted by atomic mass is 32.1. The van der Waals surface area contributed by atoms with Gasteiger partial charge >= 0.3 is 0 Å². The van der Waals surface area contributed by atoms with Crippen LogP contribution >= 0.6 is 11.5 Å². The summed E-state index contributed by atoms with van der Waals surface area (Å²) >= 11 is 1.52. The number of aromatic nitrogens is 2. The summed E-state index contributed by atoms with van der Waals surface area (Å²) in [5.41, 5.74) is 0.390. The van der Waals surface area contributed by atoms with E-state index >= 15 is 0 Å². The molecule has 2 fully saturated rings. The molecule has 1 saturated heterocycles. The maximum absolute atomic E-state index is 5.26. The lowest BCUT2D eigenvalue weighted by atomic mass is 10.0. The van der Waals surface area contributed by atoms with Gasteiger partial charge in [-0.2, -0.15) is 4.37 Å². The van der Waals surface area contributed by atoms with E-state index in [4.69, 9.17) is 9.73 Å². The zero-order chi connectivity index (χ0) is 18.4. The van der Waals surface area contributed by atoms with Crippen LogP contribution in [0, 0.1) is 5.41 Å². The minimum atomic E-state index is 0.390. The van der Waals surface area contributed by atoms with Crippen molar-refractivity contribution in [3.8, 4) is 0 Å². The fourth-order valence-corrected chi connectivity index (χ4v) is 4.08. The average molecular weight is 381 g/mol. The Hall–Kier alpha value is -1.41. The lowest BCUT2D eigenvalue weighted by molar-refractivity contribution is 0.174. The van der Waals surface area contributed by atoms with Crippen molar-refractivity contribution in [2.45, 2.75) is 39.5 Å². The largest absolute Gasteiger partial charge is 0.385 e. The van der Waals surface area contributed by atoms with Crippen LogP contribution < -0.4 is 10.2 Å². The van der Waals surface area contributed by atoms with E-state index in [0.717, 1.165) is 75.6 Å². The third kappa shape index (κ3) is 4.85. The van der Waals surface area contributed by atoms with Crippen molar-refractivity contribution in [1.29, 1.82) is 0 Å². The van der Waals surface area contributed by atoms with Crippen molar-refractivity contribution in [3.63, 3.8) is 0 Å². The van der Waals surface area contributed by atoms with Crippen LogP contribution in [0.15, 0.2) is 4.99 Å². The first-order valence-corrected chi connectivity index (χ1v) is 10.6. The number of aryl methyl sites for hydroxylation is 1. The number of methoxy groups -OCH3 is 1. The Morgan fingerprint density at radius 1 is 1.27 bits per heavy atom. The Bertz CT molecular complexity index is 592. The molecule has 1 aliphatic carbocycles. The SMILES string of the molecule is CCNC(=NCC1(CCOC)CC1)N1CCN(c2nc(CC)ns2)CC1. The number of hydrogen-bond acceptors (Lipinski definition) is 6. The molecule has 0 spiro atoms. The van der Waals surface area contributed by atoms with Gasteiger partial charge < -0.3 is 19.9 Å². The van der Waals surface area contributed by atoms with Gasteiger partial charge in [-0.1, -0.05) is 6.92 Å². The van der Waals surface area contributed by atoms with Crippen LogP contribution in [-0.4, -0.2) is 73.2 Å². The molecule has 0 aromatic carbocycles. The zero-order valence-electron chi connectivity index (χ0n) is 16.3. The smallest absolute Gasteiger partial charge is 0.205 e. The number of nitrogens with zero attached hydrogens (tertiary/aromatic N) is 5. The molecule has 0 radical (unpaired) electrons. The second-order valence-corrected chi connectivity index (χ2v) is 7.96. The summed E-state index contributed by atoms with van der Waals surface area (Å²) < 4.78 is 9.67. The maximum Gasteiger partial charge on any atom is 0.205 e. The second-order valence-electron chi connectivity index (χ2n) is 7.23. The third-order valence-corrected chi connectivity index (χ3v) is 6.13. The molecule has 1 saturated carbocycles. The van der Waals surface area contributed by atoms with E-state index < -0.39 is 0 Å². The molecule has 1 aliphatic heterocycles. The number of rotatable bonds is 8. The molecule has 26 heavy (non-hydrogen) atoms. The number of hydrogen-bond donors (Lipinski definition) is 1. The Labute approximate surface area is 161 Å². The van der Waals surface area contributed by atoms with Crippen LogP contribution in [0.3, 0.4) is 0 Å². The maximum atomic E-state index is 5.26. The highest BCUT2D eigenvalue weighted by molar-refractivity contribution is 7.09. The van der Waals surface area contributed by atoms with Crippen molar-refractivity contribution in [2.24, 2.45) is 10.4 Å². The number of nitrogens with one attached hydrogen (secondary N) is 1. The van der Waals surface area contributed by atoms with Crippen LogP contribution in [0.25, 0.3) is 0 Å². The number of guanidine groups is 1. The Balaban J connectivity index is 1.55. The van der Waals surface area contributed by atoms with Gasteiger partial charge in [0, 0.05) is 70.9 Å². The molecule has 0 unspecified atom stereocenters. The topological polar surface area (TPSA) is 65.9 Å². The summed E-state index contributed by atoms with van der Waals surface area (Å²) in [4.78, 5) is 14.3. The lowest BCUT2D eigenvalue weighted by Crippen LogP contribution is -2.52. The predicted octanol–water partition coefficient (Wildman–Crippen LogP) is 2.00. The number of anilines is 1. The zero-order valence-corrected chi connectivity index (χ0v) is 17.1. The van der Waals surface area contributed by atoms with Crippen molar-refractivity contribution in [1.82, 2.24) is 19.6 Å². The fourth-order valence-electron chi connectivity index (χ4n) is 3.28. The van der Waals surface area contributed by atoms with Crippen LogP contribution in [0.2, 0.25) is 0 Å². The Morgan fingerprint density at radius 2 is 2.04 bits per heavy atom. The van der Waals surface area contributed by atoms with Crippen LogP contribution in [0.1, 0.15) is 38.9 Å². The Morgan fingerprint density at radius 3 is 2.62 bits per heavy atom. The molecular formula is C18H32N6OS. The van der Waals surface area contributed by atoms with E-state index in [1.807, 2.05) is 0 Å². The van der Waals surface area contributed by atoms with Gasteiger partial charge in [0.1, 0.15) is 5.82 Å². The van der Waals surface area contributed by atoms with Crippen molar-refractivity contribution in [2.75, 3.05) is 57.9 Å². The van der Waals surface area contributed by atoms with Gasteiger partial charge in [0.25, 0.3) is 0 Å². The molecule has 1 N–H and O–H groups in total. The van der Waals surface area contributed by atoms with Gasteiger partial charge in [-0.15, -0.1) is 0 Å². The molecule has 146 valence electrons. The average Bonchev–Trinajstić information content (AvgIpc) is 3.28.